The van der Waals surface area contributed by atoms with Gasteiger partial charge in [-0.1, -0.05) is 53.8 Å². The molecule has 2 aromatic carbocycles. The topological polar surface area (TPSA) is 105 Å². The first-order valence-electron chi connectivity index (χ1n) is 10.9. The molecule has 0 saturated heterocycles. The Morgan fingerprint density at radius 3 is 2.30 bits per heavy atom. The van der Waals surface area contributed by atoms with E-state index < -0.39 is 15.9 Å². The van der Waals surface area contributed by atoms with E-state index >= 15 is 0 Å². The van der Waals surface area contributed by atoms with Crippen molar-refractivity contribution in [1.82, 2.24) is 14.5 Å². The fourth-order valence-corrected chi connectivity index (χ4v) is 5.05. The van der Waals surface area contributed by atoms with E-state index in [1.165, 1.54) is 28.6 Å². The molecule has 0 radical (unpaired) electrons. The second-order valence-corrected chi connectivity index (χ2v) is 10.4. The molecule has 10 heteroatoms. The van der Waals surface area contributed by atoms with Crippen molar-refractivity contribution in [3.8, 4) is 11.5 Å². The second kappa shape index (κ2) is 11.5. The number of hydrogen-bond donors (Lipinski definition) is 1. The third kappa shape index (κ3) is 6.49. The lowest BCUT2D eigenvalue weighted by atomic mass is 10.2. The average Bonchev–Trinajstić information content (AvgIpc) is 3.27. The molecule has 0 atom stereocenters. The number of nitrogens with one attached hydrogen (secondary N) is 1. The van der Waals surface area contributed by atoms with Gasteiger partial charge in [0.2, 0.25) is 15.9 Å². The average molecular weight is 535 g/mol. The fraction of sp³-hybridized carbons (Fsp3) is 0.348. The predicted molar refractivity (Wildman–Crippen MR) is 130 cm³/mol. The van der Waals surface area contributed by atoms with Gasteiger partial charge in [0.15, 0.2) is 0 Å². The van der Waals surface area contributed by atoms with Crippen molar-refractivity contribution in [2.24, 2.45) is 0 Å². The van der Waals surface area contributed by atoms with Crippen molar-refractivity contribution in [3.05, 3.63) is 58.6 Å². The van der Waals surface area contributed by atoms with Crippen molar-refractivity contribution in [3.63, 3.8) is 0 Å². The Hall–Kier alpha value is -2.56. The highest BCUT2D eigenvalue weighted by Crippen LogP contribution is 2.23. The van der Waals surface area contributed by atoms with E-state index in [9.17, 15) is 13.2 Å². The monoisotopic (exact) mass is 534 g/mol. The van der Waals surface area contributed by atoms with Crippen LogP contribution >= 0.6 is 15.9 Å². The molecule has 1 heterocycles. The van der Waals surface area contributed by atoms with Gasteiger partial charge in [-0.15, -0.1) is 5.10 Å². The van der Waals surface area contributed by atoms with E-state index in [0.29, 0.717) is 18.7 Å². The predicted octanol–water partition coefficient (Wildman–Crippen LogP) is 5.34. The third-order valence-corrected chi connectivity index (χ3v) is 7.40. The van der Waals surface area contributed by atoms with Gasteiger partial charge >= 0.3 is 6.01 Å². The molecule has 0 aliphatic carbocycles. The summed E-state index contributed by atoms with van der Waals surface area (Å²) in [5.74, 6) is -0.204. The van der Waals surface area contributed by atoms with Gasteiger partial charge in [0.05, 0.1) is 4.90 Å². The number of carbonyl (C=O) groups excluding carboxylic acids is 1. The van der Waals surface area contributed by atoms with E-state index in [2.05, 4.69) is 31.4 Å². The van der Waals surface area contributed by atoms with Crippen LogP contribution in [0.15, 0.2) is 62.3 Å². The molecule has 0 fully saturated rings. The largest absolute Gasteiger partial charge is 0.403 e. The van der Waals surface area contributed by atoms with Gasteiger partial charge in [-0.05, 0) is 55.3 Å². The Labute approximate surface area is 202 Å². The molecule has 1 aromatic heterocycles. The molecule has 3 aromatic rings. The number of carbonyl (C=O) groups is 1. The molecule has 8 nitrogen and oxygen atoms in total. The van der Waals surface area contributed by atoms with Gasteiger partial charge in [0.1, 0.15) is 0 Å². The summed E-state index contributed by atoms with van der Waals surface area (Å²) in [6.45, 7) is 5.03. The number of unbranched alkanes of at least 4 members (excludes halogenated alkanes) is 2. The number of amides is 1. The zero-order valence-corrected chi connectivity index (χ0v) is 21.0. The zero-order valence-electron chi connectivity index (χ0n) is 18.6. The van der Waals surface area contributed by atoms with Crippen LogP contribution in [0.25, 0.3) is 11.5 Å². The highest BCUT2D eigenvalue weighted by molar-refractivity contribution is 9.10. The number of benzene rings is 2. The molecule has 0 unspecified atom stereocenters. The van der Waals surface area contributed by atoms with Crippen LogP contribution in [-0.4, -0.2) is 41.9 Å². The van der Waals surface area contributed by atoms with E-state index in [1.54, 1.807) is 0 Å². The summed E-state index contributed by atoms with van der Waals surface area (Å²) >= 11 is 3.38. The summed E-state index contributed by atoms with van der Waals surface area (Å²) in [4.78, 5) is 12.8. The first-order valence-corrected chi connectivity index (χ1v) is 13.1. The number of anilines is 1. The minimum absolute atomic E-state index is 0.0445. The minimum atomic E-state index is -3.62. The third-order valence-electron chi connectivity index (χ3n) is 4.99. The van der Waals surface area contributed by atoms with Gasteiger partial charge in [0.25, 0.3) is 5.91 Å². The highest BCUT2D eigenvalue weighted by Gasteiger charge is 2.24. The quantitative estimate of drug-likeness (QED) is 0.355. The number of rotatable bonds is 11. The van der Waals surface area contributed by atoms with Crippen LogP contribution in [0, 0.1) is 0 Å². The molecular formula is C23H27BrN4O4S. The molecule has 0 spiro atoms. The Kier molecular flexibility index (Phi) is 8.76. The van der Waals surface area contributed by atoms with E-state index in [1.807, 2.05) is 38.1 Å². The van der Waals surface area contributed by atoms with Crippen LogP contribution < -0.4 is 5.32 Å². The van der Waals surface area contributed by atoms with Gasteiger partial charge in [-0.3, -0.25) is 10.1 Å². The van der Waals surface area contributed by atoms with Crippen molar-refractivity contribution < 1.29 is 17.6 Å². The number of nitrogens with zero attached hydrogens (tertiary/aromatic N) is 3. The van der Waals surface area contributed by atoms with Crippen molar-refractivity contribution in [2.45, 2.75) is 44.4 Å². The normalized spacial score (nSPS) is 11.6. The van der Waals surface area contributed by atoms with Crippen molar-refractivity contribution in [2.75, 3.05) is 18.4 Å². The van der Waals surface area contributed by atoms with Gasteiger partial charge in [0, 0.05) is 28.7 Å². The summed E-state index contributed by atoms with van der Waals surface area (Å²) < 4.78 is 34.0. The molecule has 33 heavy (non-hydrogen) atoms. The Morgan fingerprint density at radius 2 is 1.70 bits per heavy atom. The van der Waals surface area contributed by atoms with Crippen molar-refractivity contribution >= 4 is 37.9 Å². The fourth-order valence-electron chi connectivity index (χ4n) is 3.13. The van der Waals surface area contributed by atoms with Crippen LogP contribution in [0.5, 0.6) is 0 Å². The summed E-state index contributed by atoms with van der Waals surface area (Å²) in [5.41, 5.74) is 0.993. The van der Waals surface area contributed by atoms with Gasteiger partial charge in [-0.25, -0.2) is 8.42 Å². The van der Waals surface area contributed by atoms with E-state index in [-0.39, 0.29) is 22.4 Å². The lowest BCUT2D eigenvalue weighted by Crippen LogP contribution is -2.33. The molecule has 1 N–H and O–H groups in total. The number of sulfonamides is 1. The second-order valence-electron chi connectivity index (χ2n) is 7.51. The van der Waals surface area contributed by atoms with Gasteiger partial charge in [-0.2, -0.15) is 4.31 Å². The number of hydrogen-bond acceptors (Lipinski definition) is 6. The number of halogens is 1. The maximum absolute atomic E-state index is 13.1. The molecule has 3 rings (SSSR count). The standard InChI is InChI=1S/C23H27BrN4O4S/c1-3-5-14-28(15-6-4-2)33(30,31)20-12-10-17(11-13-20)21(29)25-23-27-26-22(32-23)18-8-7-9-19(24)16-18/h7-13,16H,3-6,14-15H2,1-2H3,(H,25,27,29). The Morgan fingerprint density at radius 1 is 1.03 bits per heavy atom. The lowest BCUT2D eigenvalue weighted by Gasteiger charge is -2.22. The first-order chi connectivity index (χ1) is 15.8. The molecule has 0 aliphatic heterocycles. The van der Waals surface area contributed by atoms with E-state index in [4.69, 9.17) is 4.42 Å². The molecule has 0 aliphatic rings. The smallest absolute Gasteiger partial charge is 0.322 e. The Balaban J connectivity index is 1.71. The highest BCUT2D eigenvalue weighted by atomic mass is 79.9. The maximum Gasteiger partial charge on any atom is 0.322 e. The minimum Gasteiger partial charge on any atom is -0.403 e. The van der Waals surface area contributed by atoms with Crippen LogP contribution in [0.4, 0.5) is 6.01 Å². The van der Waals surface area contributed by atoms with Crippen LogP contribution in [0.2, 0.25) is 0 Å². The first kappa shape index (κ1) is 25.1. The molecule has 0 saturated carbocycles. The Bertz CT molecular complexity index is 1170. The molecule has 0 bridgehead atoms. The zero-order chi connectivity index (χ0) is 23.8. The lowest BCUT2D eigenvalue weighted by molar-refractivity contribution is 0.102. The summed E-state index contributed by atoms with van der Waals surface area (Å²) in [6.07, 6.45) is 3.43. The number of aromatic nitrogens is 2. The summed E-state index contributed by atoms with van der Waals surface area (Å²) in [5, 5.41) is 10.4. The van der Waals surface area contributed by atoms with Crippen LogP contribution in [0.1, 0.15) is 49.9 Å². The SMILES string of the molecule is CCCCN(CCCC)S(=O)(=O)c1ccc(C(=O)Nc2nnc(-c3cccc(Br)c3)o2)cc1. The molecule has 1 amide bonds. The maximum atomic E-state index is 13.1. The summed E-state index contributed by atoms with van der Waals surface area (Å²) in [6, 6.07) is 13.2. The van der Waals surface area contributed by atoms with Gasteiger partial charge < -0.3 is 4.42 Å². The molecule has 176 valence electrons. The van der Waals surface area contributed by atoms with Crippen molar-refractivity contribution in [1.29, 1.82) is 0 Å². The van der Waals surface area contributed by atoms with Crippen LogP contribution in [0.3, 0.4) is 0 Å². The van der Waals surface area contributed by atoms with Crippen LogP contribution in [-0.2, 0) is 10.0 Å². The summed E-state index contributed by atoms with van der Waals surface area (Å²) in [7, 11) is -3.62. The van der Waals surface area contributed by atoms with E-state index in [0.717, 1.165) is 30.2 Å². The molecular weight excluding hydrogens is 508 g/mol.